The molecule has 0 bridgehead atoms. The number of hydrogen-bond acceptors (Lipinski definition) is 7. The van der Waals surface area contributed by atoms with Crippen molar-refractivity contribution in [2.45, 2.75) is 35.2 Å². The Bertz CT molecular complexity index is 606. The Hall–Kier alpha value is -1.61. The number of ether oxygens (including phenoxy) is 2. The maximum Gasteiger partial charge on any atom is 0.326 e. The lowest BCUT2D eigenvalue weighted by atomic mass is 9.98. The van der Waals surface area contributed by atoms with E-state index in [2.05, 4.69) is 5.32 Å². The van der Waals surface area contributed by atoms with Gasteiger partial charge in [0.2, 0.25) is 0 Å². The Morgan fingerprint density at radius 3 is 2.83 bits per heavy atom. The van der Waals surface area contributed by atoms with Gasteiger partial charge in [-0.25, -0.2) is 0 Å². The maximum absolute atomic E-state index is 12.6. The highest BCUT2D eigenvalue weighted by atomic mass is 32.2. The maximum atomic E-state index is 12.6. The highest BCUT2D eigenvalue weighted by Crippen LogP contribution is 2.45. The van der Waals surface area contributed by atoms with Crippen LogP contribution in [0.5, 0.6) is 0 Å². The van der Waals surface area contributed by atoms with Gasteiger partial charge in [-0.3, -0.25) is 20.6 Å². The van der Waals surface area contributed by atoms with Crippen LogP contribution in [-0.4, -0.2) is 46.4 Å². The molecule has 4 N–H and O–H groups in total. The molecule has 2 fully saturated rings. The number of rotatable bonds is 5. The number of carboxylic acid groups (broad SMARTS) is 1. The number of nitrogens with two attached hydrogens (primary N) is 1. The summed E-state index contributed by atoms with van der Waals surface area (Å²) in [4.78, 5) is 23.6. The number of thioether (sulfide) groups is 1. The van der Waals surface area contributed by atoms with Crippen molar-refractivity contribution >= 4 is 23.7 Å². The van der Waals surface area contributed by atoms with E-state index in [0.717, 1.165) is 0 Å². The molecule has 2 aliphatic heterocycles. The summed E-state index contributed by atoms with van der Waals surface area (Å²) in [5.41, 5.74) is 6.67. The third-order valence-electron chi connectivity index (χ3n) is 4.24. The van der Waals surface area contributed by atoms with E-state index in [4.69, 9.17) is 20.3 Å². The molecule has 0 saturated carbocycles. The number of aliphatic carboxylic acids is 1. The van der Waals surface area contributed by atoms with Crippen LogP contribution in [0.1, 0.15) is 24.6 Å². The Morgan fingerprint density at radius 1 is 1.46 bits per heavy atom. The van der Waals surface area contributed by atoms with Crippen molar-refractivity contribution < 1.29 is 24.2 Å². The molecule has 4 atom stereocenters. The van der Waals surface area contributed by atoms with Crippen LogP contribution < -0.4 is 11.1 Å². The van der Waals surface area contributed by atoms with Crippen molar-refractivity contribution in [1.82, 2.24) is 5.32 Å². The van der Waals surface area contributed by atoms with Crippen molar-refractivity contribution in [3.8, 4) is 0 Å². The van der Waals surface area contributed by atoms with Crippen LogP contribution in [0.2, 0.25) is 0 Å². The van der Waals surface area contributed by atoms with Gasteiger partial charge in [0, 0.05) is 12.2 Å². The summed E-state index contributed by atoms with van der Waals surface area (Å²) >= 11 is 1.45. The third-order valence-corrected chi connectivity index (χ3v) is 5.85. The highest BCUT2D eigenvalue weighted by Gasteiger charge is 2.54. The molecule has 2 aliphatic rings. The average Bonchev–Trinajstić information content (AvgIpc) is 3.15. The van der Waals surface area contributed by atoms with Gasteiger partial charge in [0.1, 0.15) is 6.04 Å². The van der Waals surface area contributed by atoms with E-state index in [1.165, 1.54) is 11.8 Å². The molecule has 7 nitrogen and oxygen atoms in total. The van der Waals surface area contributed by atoms with Gasteiger partial charge in [-0.1, -0.05) is 30.3 Å². The summed E-state index contributed by atoms with van der Waals surface area (Å²) in [6.07, 6.45) is -0.259. The molecule has 8 heteroatoms. The predicted octanol–water partition coefficient (Wildman–Crippen LogP) is 0.852. The normalized spacial score (nSPS) is 30.4. The number of carbonyl (C=O) groups is 2. The summed E-state index contributed by atoms with van der Waals surface area (Å²) in [6.45, 7) is 0.935. The van der Waals surface area contributed by atoms with Crippen LogP contribution in [0.25, 0.3) is 0 Å². The zero-order chi connectivity index (χ0) is 17.2. The van der Waals surface area contributed by atoms with E-state index in [9.17, 15) is 9.59 Å². The zero-order valence-corrected chi connectivity index (χ0v) is 13.8. The van der Waals surface area contributed by atoms with Crippen molar-refractivity contribution in [1.29, 1.82) is 0 Å². The second-order valence-corrected chi connectivity index (χ2v) is 7.56. The first-order chi connectivity index (χ1) is 11.5. The fourth-order valence-corrected chi connectivity index (χ4v) is 4.70. The lowest BCUT2D eigenvalue weighted by Gasteiger charge is -2.27. The Labute approximate surface area is 143 Å². The number of nitrogens with one attached hydrogen (secondary N) is 1. The van der Waals surface area contributed by atoms with E-state index >= 15 is 0 Å². The smallest absolute Gasteiger partial charge is 0.326 e. The summed E-state index contributed by atoms with van der Waals surface area (Å²) < 4.78 is 10.4. The van der Waals surface area contributed by atoms with Gasteiger partial charge in [0.15, 0.2) is 6.23 Å². The van der Waals surface area contributed by atoms with Crippen molar-refractivity contribution in [3.63, 3.8) is 0 Å². The van der Waals surface area contributed by atoms with Crippen LogP contribution in [0, 0.1) is 0 Å². The van der Waals surface area contributed by atoms with E-state index < -0.39 is 29.0 Å². The number of esters is 1. The molecular weight excluding hydrogens is 332 g/mol. The van der Waals surface area contributed by atoms with Gasteiger partial charge >= 0.3 is 11.9 Å². The zero-order valence-electron chi connectivity index (χ0n) is 13.0. The molecule has 0 amide bonds. The summed E-state index contributed by atoms with van der Waals surface area (Å²) in [7, 11) is 0. The molecular formula is C16H20N2O5S. The van der Waals surface area contributed by atoms with Gasteiger partial charge in [-0.15, -0.1) is 11.8 Å². The predicted molar refractivity (Wildman–Crippen MR) is 88.2 cm³/mol. The molecule has 1 aromatic carbocycles. The van der Waals surface area contributed by atoms with Crippen LogP contribution in [-0.2, 0) is 19.1 Å². The minimum atomic E-state index is -0.913. The fraction of sp³-hybridized carbons (Fsp3) is 0.500. The van der Waals surface area contributed by atoms with E-state index in [1.54, 1.807) is 12.1 Å². The minimum Gasteiger partial charge on any atom is -0.481 e. The lowest BCUT2D eigenvalue weighted by molar-refractivity contribution is -0.153. The molecule has 0 radical (unpaired) electrons. The second-order valence-electron chi connectivity index (χ2n) is 5.94. The largest absolute Gasteiger partial charge is 0.481 e. The molecule has 24 heavy (non-hydrogen) atoms. The monoisotopic (exact) mass is 352 g/mol. The lowest BCUT2D eigenvalue weighted by Crippen LogP contribution is -2.50. The highest BCUT2D eigenvalue weighted by molar-refractivity contribution is 8.01. The quantitative estimate of drug-likeness (QED) is 0.528. The van der Waals surface area contributed by atoms with Crippen molar-refractivity contribution in [2.24, 2.45) is 5.73 Å². The van der Waals surface area contributed by atoms with E-state index in [-0.39, 0.29) is 11.8 Å². The van der Waals surface area contributed by atoms with E-state index in [0.29, 0.717) is 25.2 Å². The number of carboxylic acids is 1. The Balaban J connectivity index is 1.71. The first kappa shape index (κ1) is 17.2. The topological polar surface area (TPSA) is 111 Å². The number of hydrogen-bond donors (Lipinski definition) is 3. The average molecular weight is 352 g/mol. The van der Waals surface area contributed by atoms with Crippen molar-refractivity contribution in [3.05, 3.63) is 35.9 Å². The van der Waals surface area contributed by atoms with Crippen LogP contribution in [0.3, 0.4) is 0 Å². The fourth-order valence-electron chi connectivity index (χ4n) is 3.05. The summed E-state index contributed by atoms with van der Waals surface area (Å²) in [5, 5.41) is 11.7. The van der Waals surface area contributed by atoms with Gasteiger partial charge in [0.25, 0.3) is 0 Å². The van der Waals surface area contributed by atoms with Gasteiger partial charge in [-0.05, 0) is 6.42 Å². The molecule has 0 aromatic heterocycles. The Kier molecular flexibility index (Phi) is 5.09. The van der Waals surface area contributed by atoms with Gasteiger partial charge < -0.3 is 14.6 Å². The van der Waals surface area contributed by atoms with Crippen LogP contribution in [0.4, 0.5) is 0 Å². The first-order valence-corrected chi connectivity index (χ1v) is 8.62. The van der Waals surface area contributed by atoms with Crippen molar-refractivity contribution in [2.75, 3.05) is 13.2 Å². The van der Waals surface area contributed by atoms with Gasteiger partial charge in [0.05, 0.1) is 23.1 Å². The summed E-state index contributed by atoms with van der Waals surface area (Å²) in [5.74, 6) is -1.39. The molecule has 2 heterocycles. The Morgan fingerprint density at radius 2 is 2.21 bits per heavy atom. The molecule has 0 aliphatic carbocycles. The molecule has 2 saturated heterocycles. The van der Waals surface area contributed by atoms with E-state index in [1.807, 2.05) is 18.2 Å². The van der Waals surface area contributed by atoms with Crippen LogP contribution in [0.15, 0.2) is 30.3 Å². The minimum absolute atomic E-state index is 0.0685. The molecule has 4 unspecified atom stereocenters. The van der Waals surface area contributed by atoms with Gasteiger partial charge in [-0.2, -0.15) is 0 Å². The summed E-state index contributed by atoms with van der Waals surface area (Å²) in [6, 6.07) is 8.44. The number of benzene rings is 1. The molecule has 1 spiro atoms. The molecule has 3 rings (SSSR count). The number of carbonyl (C=O) groups excluding carboxylic acids is 1. The molecule has 1 aromatic rings. The molecule has 130 valence electrons. The van der Waals surface area contributed by atoms with Crippen LogP contribution >= 0.6 is 11.8 Å². The standard InChI is InChI=1S/C16H20N2O5S/c17-14(10-4-2-1-3-5-10)23-15(21)13-16(6-7-22-9-16)24-11(18-13)8-12(19)20/h1-5,11,13-14,18H,6-9,17H2,(H,19,20). The first-order valence-electron chi connectivity index (χ1n) is 7.75. The third kappa shape index (κ3) is 3.56. The SMILES string of the molecule is NC(OC(=O)C1NC(CC(=O)O)SC12CCOC2)c1ccccc1. The second kappa shape index (κ2) is 7.10.